The second-order valence-corrected chi connectivity index (χ2v) is 17.4. The lowest BCUT2D eigenvalue weighted by atomic mass is 10.0. The molecule has 0 radical (unpaired) electrons. The third-order valence-corrected chi connectivity index (χ3v) is 11.3. The molecule has 0 bridgehead atoms. The Morgan fingerprint density at radius 1 is 0.328 bits per heavy atom. The minimum Gasteiger partial charge on any atom is -0.462 e. The molecule has 0 N–H and O–H groups in total. The largest absolute Gasteiger partial charge is 0.462 e. The molecule has 0 aliphatic heterocycles. The summed E-state index contributed by atoms with van der Waals surface area (Å²) in [7, 11) is 0. The highest BCUT2D eigenvalue weighted by Gasteiger charge is 2.19. The van der Waals surface area contributed by atoms with Gasteiger partial charge >= 0.3 is 17.9 Å². The highest BCUT2D eigenvalue weighted by Crippen LogP contribution is 2.14. The van der Waals surface area contributed by atoms with E-state index in [-0.39, 0.29) is 37.5 Å². The molecule has 0 spiro atoms. The lowest BCUT2D eigenvalue weighted by Gasteiger charge is -2.18. The highest BCUT2D eigenvalue weighted by molar-refractivity contribution is 5.71. The van der Waals surface area contributed by atoms with Gasteiger partial charge in [0.05, 0.1) is 0 Å². The molecule has 0 aromatic rings. The zero-order valence-corrected chi connectivity index (χ0v) is 40.4. The normalized spacial score (nSPS) is 12.4. The van der Waals surface area contributed by atoms with Crippen molar-refractivity contribution in [3.05, 3.63) is 48.6 Å². The number of allylic oxidation sites excluding steroid dienone is 8. The van der Waals surface area contributed by atoms with Gasteiger partial charge < -0.3 is 14.2 Å². The number of hydrogen-bond donors (Lipinski definition) is 0. The van der Waals surface area contributed by atoms with E-state index in [1.54, 1.807) is 0 Å². The molecular formula is C55H98O6. The van der Waals surface area contributed by atoms with Crippen LogP contribution < -0.4 is 0 Å². The molecule has 0 aromatic heterocycles. The van der Waals surface area contributed by atoms with Crippen molar-refractivity contribution in [2.45, 2.75) is 271 Å². The van der Waals surface area contributed by atoms with Crippen LogP contribution in [-0.2, 0) is 28.6 Å². The molecular weight excluding hydrogens is 757 g/mol. The molecule has 6 nitrogen and oxygen atoms in total. The Labute approximate surface area is 378 Å². The van der Waals surface area contributed by atoms with Gasteiger partial charge in [0.15, 0.2) is 6.10 Å². The first-order valence-electron chi connectivity index (χ1n) is 26.1. The van der Waals surface area contributed by atoms with E-state index in [1.165, 1.54) is 148 Å². The van der Waals surface area contributed by atoms with E-state index in [9.17, 15) is 14.4 Å². The molecule has 61 heavy (non-hydrogen) atoms. The van der Waals surface area contributed by atoms with Crippen molar-refractivity contribution in [3.8, 4) is 0 Å². The highest BCUT2D eigenvalue weighted by atomic mass is 16.6. The summed E-state index contributed by atoms with van der Waals surface area (Å²) >= 11 is 0. The summed E-state index contributed by atoms with van der Waals surface area (Å²) in [6, 6.07) is 0. The minimum absolute atomic E-state index is 0.0924. The number of hydrogen-bond acceptors (Lipinski definition) is 6. The molecule has 0 fully saturated rings. The van der Waals surface area contributed by atoms with E-state index >= 15 is 0 Å². The molecule has 0 heterocycles. The summed E-state index contributed by atoms with van der Waals surface area (Å²) < 4.78 is 16.7. The molecule has 0 saturated carbocycles. The molecule has 0 saturated heterocycles. The van der Waals surface area contributed by atoms with Crippen LogP contribution in [0.5, 0.6) is 0 Å². The van der Waals surface area contributed by atoms with Gasteiger partial charge in [-0.25, -0.2) is 0 Å². The van der Waals surface area contributed by atoms with Gasteiger partial charge in [-0.2, -0.15) is 0 Å². The van der Waals surface area contributed by atoms with Crippen molar-refractivity contribution < 1.29 is 28.6 Å². The number of esters is 3. The first kappa shape index (κ1) is 58.4. The fraction of sp³-hybridized carbons (Fsp3) is 0.800. The van der Waals surface area contributed by atoms with E-state index < -0.39 is 6.10 Å². The van der Waals surface area contributed by atoms with Crippen molar-refractivity contribution >= 4 is 17.9 Å². The second kappa shape index (κ2) is 50.0. The predicted molar refractivity (Wildman–Crippen MR) is 261 cm³/mol. The van der Waals surface area contributed by atoms with Crippen molar-refractivity contribution in [3.63, 3.8) is 0 Å². The minimum atomic E-state index is -0.797. The fourth-order valence-electron chi connectivity index (χ4n) is 7.34. The maximum absolute atomic E-state index is 12.8. The lowest BCUT2D eigenvalue weighted by Crippen LogP contribution is -2.30. The lowest BCUT2D eigenvalue weighted by molar-refractivity contribution is -0.167. The van der Waals surface area contributed by atoms with Crippen LogP contribution in [0.2, 0.25) is 0 Å². The molecule has 1 unspecified atom stereocenters. The Hall–Kier alpha value is -2.63. The third-order valence-electron chi connectivity index (χ3n) is 11.3. The molecule has 0 aromatic carbocycles. The van der Waals surface area contributed by atoms with Crippen LogP contribution >= 0.6 is 0 Å². The summed E-state index contributed by atoms with van der Waals surface area (Å²) in [5.74, 6) is -0.957. The fourth-order valence-corrected chi connectivity index (χ4v) is 7.34. The zero-order chi connectivity index (χ0) is 44.4. The Morgan fingerprint density at radius 3 is 1.02 bits per heavy atom. The molecule has 0 rings (SSSR count). The van der Waals surface area contributed by atoms with Gasteiger partial charge in [0.1, 0.15) is 13.2 Å². The van der Waals surface area contributed by atoms with Gasteiger partial charge in [-0.1, -0.05) is 217 Å². The van der Waals surface area contributed by atoms with Crippen LogP contribution in [0.1, 0.15) is 265 Å². The summed E-state index contributed by atoms with van der Waals surface area (Å²) in [5, 5.41) is 0. The SMILES string of the molecule is CCCCCCCC/C=C\C/C=C\C/C=C\CCCC(=O)OCC(COC(=O)CCCCCCCCCCCCCC)OC(=O)CCCCC/C=C\CCCCCCCCC. The van der Waals surface area contributed by atoms with Crippen LogP contribution in [0.4, 0.5) is 0 Å². The van der Waals surface area contributed by atoms with Crippen molar-refractivity contribution in [1.29, 1.82) is 0 Å². The van der Waals surface area contributed by atoms with Gasteiger partial charge in [-0.05, 0) is 77.0 Å². The Bertz CT molecular complexity index is 1070. The van der Waals surface area contributed by atoms with E-state index in [0.29, 0.717) is 19.3 Å². The average molecular weight is 855 g/mol. The van der Waals surface area contributed by atoms with Crippen molar-refractivity contribution in [2.24, 2.45) is 0 Å². The summed E-state index contributed by atoms with van der Waals surface area (Å²) in [6.45, 7) is 6.58. The van der Waals surface area contributed by atoms with E-state index in [1.807, 2.05) is 0 Å². The third kappa shape index (κ3) is 48.3. The quantitative estimate of drug-likeness (QED) is 0.0263. The van der Waals surface area contributed by atoms with Crippen LogP contribution in [0.3, 0.4) is 0 Å². The van der Waals surface area contributed by atoms with Crippen LogP contribution in [0, 0.1) is 0 Å². The van der Waals surface area contributed by atoms with Gasteiger partial charge in [0.25, 0.3) is 0 Å². The predicted octanol–water partition coefficient (Wildman–Crippen LogP) is 17.1. The summed E-state index contributed by atoms with van der Waals surface area (Å²) in [4.78, 5) is 37.9. The van der Waals surface area contributed by atoms with Crippen LogP contribution in [-0.4, -0.2) is 37.2 Å². The van der Waals surface area contributed by atoms with Gasteiger partial charge in [-0.15, -0.1) is 0 Å². The number of carbonyl (C=O) groups excluding carboxylic acids is 3. The maximum Gasteiger partial charge on any atom is 0.306 e. The Morgan fingerprint density at radius 2 is 0.607 bits per heavy atom. The van der Waals surface area contributed by atoms with E-state index in [4.69, 9.17) is 14.2 Å². The van der Waals surface area contributed by atoms with Gasteiger partial charge in [0, 0.05) is 19.3 Å². The van der Waals surface area contributed by atoms with Crippen LogP contribution in [0.25, 0.3) is 0 Å². The Kier molecular flexibility index (Phi) is 47.9. The first-order valence-corrected chi connectivity index (χ1v) is 26.1. The number of rotatable bonds is 47. The van der Waals surface area contributed by atoms with Gasteiger partial charge in [0.2, 0.25) is 0 Å². The first-order chi connectivity index (χ1) is 30.0. The Balaban J connectivity index is 4.45. The van der Waals surface area contributed by atoms with Gasteiger partial charge in [-0.3, -0.25) is 14.4 Å². The molecule has 0 aliphatic rings. The van der Waals surface area contributed by atoms with Crippen LogP contribution in [0.15, 0.2) is 48.6 Å². The summed E-state index contributed by atoms with van der Waals surface area (Å²) in [5.41, 5.74) is 0. The second-order valence-electron chi connectivity index (χ2n) is 17.4. The number of unbranched alkanes of at least 4 members (excludes halogenated alkanes) is 28. The molecule has 0 amide bonds. The maximum atomic E-state index is 12.8. The molecule has 6 heteroatoms. The smallest absolute Gasteiger partial charge is 0.306 e. The standard InChI is InChI=1S/C55H98O6/c1-4-7-10-13-16-19-22-25-27-28-29-31-33-36-39-42-45-48-54(57)60-51-52(50-59-53(56)47-44-41-38-35-32-24-21-18-15-12-9-6-3)61-55(58)49-46-43-40-37-34-30-26-23-20-17-14-11-8-5-2/h25,27,29-31,34,36,39,52H,4-24,26,28,32-33,35,37-38,40-51H2,1-3H3/b27-25-,31-29-,34-30-,39-36-. The monoisotopic (exact) mass is 855 g/mol. The zero-order valence-electron chi connectivity index (χ0n) is 40.4. The van der Waals surface area contributed by atoms with E-state index in [2.05, 4.69) is 69.4 Å². The van der Waals surface area contributed by atoms with E-state index in [0.717, 1.165) is 70.6 Å². The molecule has 354 valence electrons. The molecule has 1 atom stereocenters. The number of carbonyl (C=O) groups is 3. The molecule has 0 aliphatic carbocycles. The van der Waals surface area contributed by atoms with Crippen molar-refractivity contribution in [1.82, 2.24) is 0 Å². The average Bonchev–Trinajstić information content (AvgIpc) is 3.26. The number of ether oxygens (including phenoxy) is 3. The summed E-state index contributed by atoms with van der Waals surface area (Å²) in [6.07, 6.45) is 59.6. The topological polar surface area (TPSA) is 78.9 Å². The van der Waals surface area contributed by atoms with Crippen molar-refractivity contribution in [2.75, 3.05) is 13.2 Å².